The van der Waals surface area contributed by atoms with Crippen molar-refractivity contribution in [2.24, 2.45) is 0 Å². The Morgan fingerprint density at radius 3 is 2.56 bits per heavy atom. The Bertz CT molecular complexity index is 1020. The van der Waals surface area contributed by atoms with Crippen molar-refractivity contribution in [2.45, 2.75) is 0 Å². The van der Waals surface area contributed by atoms with Gasteiger partial charge >= 0.3 is 0 Å². The highest BCUT2D eigenvalue weighted by atomic mass is 16.3. The lowest BCUT2D eigenvalue weighted by molar-refractivity contribution is 0.102. The molecular formula is C20H15N3O2. The van der Waals surface area contributed by atoms with E-state index in [1.807, 2.05) is 48.5 Å². The van der Waals surface area contributed by atoms with E-state index in [0.717, 1.165) is 16.7 Å². The first-order valence-corrected chi connectivity index (χ1v) is 7.82. The number of carbonyl (C=O) groups excluding carboxylic acids is 1. The van der Waals surface area contributed by atoms with Gasteiger partial charge in [-0.25, -0.2) is 4.98 Å². The fraction of sp³-hybridized carbons (Fsp3) is 0. The third kappa shape index (κ3) is 3.07. The molecule has 0 saturated carbocycles. The third-order valence-corrected chi connectivity index (χ3v) is 3.83. The lowest BCUT2D eigenvalue weighted by Crippen LogP contribution is -2.11. The van der Waals surface area contributed by atoms with Crippen molar-refractivity contribution >= 4 is 28.4 Å². The van der Waals surface area contributed by atoms with Gasteiger partial charge in [-0.15, -0.1) is 0 Å². The van der Waals surface area contributed by atoms with Crippen LogP contribution < -0.4 is 11.1 Å². The molecule has 4 aromatic rings. The number of nitrogens with zero attached hydrogens (tertiary/aromatic N) is 1. The van der Waals surface area contributed by atoms with Crippen molar-refractivity contribution in [2.75, 3.05) is 11.1 Å². The number of hydrogen-bond donors (Lipinski definition) is 2. The number of benzene rings is 3. The minimum absolute atomic E-state index is 0.199. The number of fused-ring (bicyclic) bond motifs is 1. The number of hydrogen-bond acceptors (Lipinski definition) is 4. The minimum Gasteiger partial charge on any atom is -0.436 e. The van der Waals surface area contributed by atoms with Gasteiger partial charge in [-0.1, -0.05) is 18.2 Å². The molecule has 0 bridgehead atoms. The first-order chi connectivity index (χ1) is 12.2. The normalized spacial score (nSPS) is 10.7. The fourth-order valence-corrected chi connectivity index (χ4v) is 2.56. The highest BCUT2D eigenvalue weighted by Gasteiger charge is 2.10. The van der Waals surface area contributed by atoms with E-state index in [9.17, 15) is 4.79 Å². The van der Waals surface area contributed by atoms with Crippen molar-refractivity contribution in [1.29, 1.82) is 0 Å². The van der Waals surface area contributed by atoms with E-state index in [1.165, 1.54) is 0 Å². The molecule has 1 heterocycles. The number of nitrogens with one attached hydrogen (secondary N) is 1. The van der Waals surface area contributed by atoms with Crippen LogP contribution in [0.1, 0.15) is 10.4 Å². The van der Waals surface area contributed by atoms with E-state index < -0.39 is 0 Å². The molecular weight excluding hydrogens is 314 g/mol. The summed E-state index contributed by atoms with van der Waals surface area (Å²) in [5.41, 5.74) is 9.81. The third-order valence-electron chi connectivity index (χ3n) is 3.83. The SMILES string of the molecule is Nc1ccc(C(=O)Nc2cccc(-c3nc4ccccc4o3)c2)cc1. The zero-order valence-electron chi connectivity index (χ0n) is 13.3. The molecule has 0 fully saturated rings. The Kier molecular flexibility index (Phi) is 3.67. The molecule has 3 N–H and O–H groups in total. The van der Waals surface area contributed by atoms with E-state index in [2.05, 4.69) is 10.3 Å². The lowest BCUT2D eigenvalue weighted by atomic mass is 10.1. The van der Waals surface area contributed by atoms with Gasteiger partial charge in [0.15, 0.2) is 5.58 Å². The van der Waals surface area contributed by atoms with Gasteiger partial charge in [0.1, 0.15) is 5.52 Å². The van der Waals surface area contributed by atoms with Crippen molar-refractivity contribution in [3.63, 3.8) is 0 Å². The Hall–Kier alpha value is -3.60. The summed E-state index contributed by atoms with van der Waals surface area (Å²) in [4.78, 5) is 16.8. The van der Waals surface area contributed by atoms with Gasteiger partial charge in [-0.05, 0) is 54.6 Å². The van der Waals surface area contributed by atoms with Crippen molar-refractivity contribution < 1.29 is 9.21 Å². The van der Waals surface area contributed by atoms with E-state index in [0.29, 0.717) is 22.8 Å². The molecule has 0 unspecified atom stereocenters. The largest absolute Gasteiger partial charge is 0.436 e. The predicted octanol–water partition coefficient (Wildman–Crippen LogP) is 4.33. The second-order valence-electron chi connectivity index (χ2n) is 5.64. The van der Waals surface area contributed by atoms with Crippen LogP contribution in [0.2, 0.25) is 0 Å². The Labute approximate surface area is 144 Å². The maximum atomic E-state index is 12.3. The van der Waals surface area contributed by atoms with Gasteiger partial charge < -0.3 is 15.5 Å². The highest BCUT2D eigenvalue weighted by molar-refractivity contribution is 6.04. The van der Waals surface area contributed by atoms with E-state index >= 15 is 0 Å². The van der Waals surface area contributed by atoms with Gasteiger partial charge in [-0.2, -0.15) is 0 Å². The first-order valence-electron chi connectivity index (χ1n) is 7.82. The maximum Gasteiger partial charge on any atom is 0.255 e. The van der Waals surface area contributed by atoms with Crippen LogP contribution in [0.15, 0.2) is 77.2 Å². The molecule has 25 heavy (non-hydrogen) atoms. The summed E-state index contributed by atoms with van der Waals surface area (Å²) >= 11 is 0. The summed E-state index contributed by atoms with van der Waals surface area (Å²) in [6, 6.07) is 21.8. The molecule has 5 heteroatoms. The van der Waals surface area contributed by atoms with Crippen molar-refractivity contribution in [3.8, 4) is 11.5 Å². The number of rotatable bonds is 3. The van der Waals surface area contributed by atoms with Crippen LogP contribution in [0.5, 0.6) is 0 Å². The monoisotopic (exact) mass is 329 g/mol. The molecule has 0 saturated heterocycles. The Balaban J connectivity index is 1.60. The predicted molar refractivity (Wildman–Crippen MR) is 98.3 cm³/mol. The maximum absolute atomic E-state index is 12.3. The average Bonchev–Trinajstić information content (AvgIpc) is 3.07. The van der Waals surface area contributed by atoms with Gasteiger partial charge in [0, 0.05) is 22.5 Å². The molecule has 0 aliphatic rings. The number of carbonyl (C=O) groups is 1. The fourth-order valence-electron chi connectivity index (χ4n) is 2.56. The minimum atomic E-state index is -0.199. The van der Waals surface area contributed by atoms with E-state index in [-0.39, 0.29) is 5.91 Å². The van der Waals surface area contributed by atoms with Gasteiger partial charge in [0.2, 0.25) is 5.89 Å². The van der Waals surface area contributed by atoms with Crippen molar-refractivity contribution in [3.05, 3.63) is 78.4 Å². The number of oxazole rings is 1. The molecule has 0 atom stereocenters. The Morgan fingerprint density at radius 1 is 0.960 bits per heavy atom. The molecule has 0 radical (unpaired) electrons. The van der Waals surface area contributed by atoms with Gasteiger partial charge in [0.25, 0.3) is 5.91 Å². The van der Waals surface area contributed by atoms with Gasteiger partial charge in [0.05, 0.1) is 0 Å². The van der Waals surface area contributed by atoms with Crippen LogP contribution >= 0.6 is 0 Å². The molecule has 1 aromatic heterocycles. The van der Waals surface area contributed by atoms with Crippen LogP contribution in [-0.4, -0.2) is 10.9 Å². The first kappa shape index (κ1) is 15.0. The van der Waals surface area contributed by atoms with Crippen LogP contribution in [0.25, 0.3) is 22.6 Å². The number of aromatic nitrogens is 1. The molecule has 4 rings (SSSR count). The van der Waals surface area contributed by atoms with Crippen LogP contribution in [0, 0.1) is 0 Å². The molecule has 5 nitrogen and oxygen atoms in total. The Morgan fingerprint density at radius 2 is 1.76 bits per heavy atom. The summed E-state index contributed by atoms with van der Waals surface area (Å²) in [6.45, 7) is 0. The molecule has 3 aromatic carbocycles. The van der Waals surface area contributed by atoms with Crippen molar-refractivity contribution in [1.82, 2.24) is 4.98 Å². The molecule has 0 aliphatic carbocycles. The zero-order valence-corrected chi connectivity index (χ0v) is 13.3. The molecule has 0 aliphatic heterocycles. The highest BCUT2D eigenvalue weighted by Crippen LogP contribution is 2.26. The van der Waals surface area contributed by atoms with Crippen LogP contribution in [-0.2, 0) is 0 Å². The number of anilines is 2. The quantitative estimate of drug-likeness (QED) is 0.548. The van der Waals surface area contributed by atoms with E-state index in [4.69, 9.17) is 10.2 Å². The molecule has 0 spiro atoms. The summed E-state index contributed by atoms with van der Waals surface area (Å²) in [5, 5.41) is 2.87. The number of para-hydroxylation sites is 2. The second kappa shape index (κ2) is 6.13. The standard InChI is InChI=1S/C20H15N3O2/c21-15-10-8-13(9-11-15)19(24)22-16-5-3-4-14(12-16)20-23-17-6-1-2-7-18(17)25-20/h1-12H,21H2,(H,22,24). The summed E-state index contributed by atoms with van der Waals surface area (Å²) in [6.07, 6.45) is 0. The summed E-state index contributed by atoms with van der Waals surface area (Å²) in [5.74, 6) is 0.319. The zero-order chi connectivity index (χ0) is 17.2. The summed E-state index contributed by atoms with van der Waals surface area (Å²) in [7, 11) is 0. The lowest BCUT2D eigenvalue weighted by Gasteiger charge is -2.06. The second-order valence-corrected chi connectivity index (χ2v) is 5.64. The van der Waals surface area contributed by atoms with Crippen LogP contribution in [0.4, 0.5) is 11.4 Å². The average molecular weight is 329 g/mol. The van der Waals surface area contributed by atoms with E-state index in [1.54, 1.807) is 24.3 Å². The molecule has 122 valence electrons. The topological polar surface area (TPSA) is 81.2 Å². The number of nitrogen functional groups attached to an aromatic ring is 1. The van der Waals surface area contributed by atoms with Gasteiger partial charge in [-0.3, -0.25) is 4.79 Å². The summed E-state index contributed by atoms with van der Waals surface area (Å²) < 4.78 is 5.77. The smallest absolute Gasteiger partial charge is 0.255 e. The molecule has 1 amide bonds. The number of nitrogens with two attached hydrogens (primary N) is 1. The number of amides is 1. The van der Waals surface area contributed by atoms with Crippen LogP contribution in [0.3, 0.4) is 0 Å².